The lowest BCUT2D eigenvalue weighted by Gasteiger charge is -2.33. The number of nitrogens with zero attached hydrogens (tertiary/aromatic N) is 3. The van der Waals surface area contributed by atoms with Crippen molar-refractivity contribution in [2.45, 2.75) is 6.04 Å². The fraction of sp³-hybridized carbons (Fsp3) is 0.750. The van der Waals surface area contributed by atoms with Gasteiger partial charge in [0.05, 0.1) is 6.07 Å². The van der Waals surface area contributed by atoms with Crippen molar-refractivity contribution in [3.8, 4) is 6.07 Å². The van der Waals surface area contributed by atoms with Gasteiger partial charge in [0.25, 0.3) is 0 Å². The summed E-state index contributed by atoms with van der Waals surface area (Å²) in [6, 6.07) is 1.69. The van der Waals surface area contributed by atoms with Crippen LogP contribution in [0.5, 0.6) is 0 Å². The molecule has 72 valence electrons. The van der Waals surface area contributed by atoms with Gasteiger partial charge in [-0.3, -0.25) is 0 Å². The smallest absolute Gasteiger partial charge is 0.320 e. The Kier molecular flexibility index (Phi) is 3.09. The Labute approximate surface area is 77.9 Å². The van der Waals surface area contributed by atoms with Crippen molar-refractivity contribution in [3.63, 3.8) is 0 Å². The number of hydrogen-bond acceptors (Lipinski definition) is 3. The number of carbonyl (C=O) groups is 1. The summed E-state index contributed by atoms with van der Waals surface area (Å²) in [5.41, 5.74) is 0. The maximum absolute atomic E-state index is 11.5. The molecule has 5 nitrogen and oxygen atoms in total. The summed E-state index contributed by atoms with van der Waals surface area (Å²) < 4.78 is 0. The van der Waals surface area contributed by atoms with Crippen LogP contribution in [0.25, 0.3) is 0 Å². The van der Waals surface area contributed by atoms with Gasteiger partial charge in [-0.1, -0.05) is 0 Å². The molecular weight excluding hydrogens is 168 g/mol. The molecule has 0 aromatic heterocycles. The zero-order chi connectivity index (χ0) is 9.84. The molecule has 0 aromatic rings. The minimum Gasteiger partial charge on any atom is -0.331 e. The van der Waals surface area contributed by atoms with E-state index >= 15 is 0 Å². The third-order valence-corrected chi connectivity index (χ3v) is 2.02. The van der Waals surface area contributed by atoms with E-state index in [0.29, 0.717) is 13.1 Å². The van der Waals surface area contributed by atoms with Crippen molar-refractivity contribution in [1.82, 2.24) is 15.1 Å². The summed E-state index contributed by atoms with van der Waals surface area (Å²) in [5, 5.41) is 11.9. The van der Waals surface area contributed by atoms with Crippen molar-refractivity contribution < 1.29 is 4.79 Å². The van der Waals surface area contributed by atoms with Gasteiger partial charge in [-0.2, -0.15) is 5.26 Å². The average Bonchev–Trinajstić information content (AvgIpc) is 2.16. The second-order valence-corrected chi connectivity index (χ2v) is 3.22. The van der Waals surface area contributed by atoms with Crippen LogP contribution in [0.15, 0.2) is 0 Å². The van der Waals surface area contributed by atoms with Gasteiger partial charge in [-0.15, -0.1) is 0 Å². The fourth-order valence-corrected chi connectivity index (χ4v) is 1.31. The normalized spacial score (nSPS) is 22.2. The van der Waals surface area contributed by atoms with E-state index in [-0.39, 0.29) is 12.1 Å². The molecular formula is C8H14N4O. The van der Waals surface area contributed by atoms with Gasteiger partial charge in [0.1, 0.15) is 6.04 Å². The highest BCUT2D eigenvalue weighted by molar-refractivity contribution is 5.74. The molecule has 1 saturated heterocycles. The van der Waals surface area contributed by atoms with Gasteiger partial charge >= 0.3 is 6.03 Å². The molecule has 1 rings (SSSR count). The first-order valence-electron chi connectivity index (χ1n) is 4.25. The van der Waals surface area contributed by atoms with Crippen molar-refractivity contribution in [2.75, 3.05) is 33.7 Å². The number of amides is 2. The first-order chi connectivity index (χ1) is 6.16. The summed E-state index contributed by atoms with van der Waals surface area (Å²) >= 11 is 0. The standard InChI is InChI=1S/C8H14N4O/c1-11(2)8(13)12-4-3-10-6-7(12)5-9/h7,10H,3-4,6H2,1-2H3. The third kappa shape index (κ3) is 2.10. The van der Waals surface area contributed by atoms with Crippen LogP contribution in [-0.2, 0) is 0 Å². The molecule has 1 aliphatic heterocycles. The summed E-state index contributed by atoms with van der Waals surface area (Å²) in [5.74, 6) is 0. The van der Waals surface area contributed by atoms with E-state index in [1.54, 1.807) is 19.0 Å². The lowest BCUT2D eigenvalue weighted by Crippen LogP contribution is -2.55. The minimum absolute atomic E-state index is 0.0898. The van der Waals surface area contributed by atoms with Gasteiger partial charge in [0.2, 0.25) is 0 Å². The number of piperazine rings is 1. The average molecular weight is 182 g/mol. The molecule has 1 fully saturated rings. The first-order valence-corrected chi connectivity index (χ1v) is 4.25. The van der Waals surface area contributed by atoms with E-state index in [9.17, 15) is 4.79 Å². The Balaban J connectivity index is 2.65. The zero-order valence-corrected chi connectivity index (χ0v) is 7.95. The molecule has 0 saturated carbocycles. The van der Waals surface area contributed by atoms with Gasteiger partial charge < -0.3 is 15.1 Å². The quantitative estimate of drug-likeness (QED) is 0.547. The Bertz CT molecular complexity index is 233. The minimum atomic E-state index is -0.330. The third-order valence-electron chi connectivity index (χ3n) is 2.02. The number of hydrogen-bond donors (Lipinski definition) is 1. The predicted molar refractivity (Wildman–Crippen MR) is 48.1 cm³/mol. The van der Waals surface area contributed by atoms with Crippen LogP contribution in [0.1, 0.15) is 0 Å². The Morgan fingerprint density at radius 1 is 1.69 bits per heavy atom. The van der Waals surface area contributed by atoms with Crippen LogP contribution in [-0.4, -0.2) is 55.6 Å². The molecule has 13 heavy (non-hydrogen) atoms. The Morgan fingerprint density at radius 2 is 2.38 bits per heavy atom. The van der Waals surface area contributed by atoms with Crippen molar-refractivity contribution in [3.05, 3.63) is 0 Å². The van der Waals surface area contributed by atoms with E-state index in [2.05, 4.69) is 11.4 Å². The van der Waals surface area contributed by atoms with E-state index in [0.717, 1.165) is 6.54 Å². The summed E-state index contributed by atoms with van der Waals surface area (Å²) in [6.45, 7) is 1.93. The summed E-state index contributed by atoms with van der Waals surface area (Å²) in [4.78, 5) is 14.6. The second kappa shape index (κ2) is 4.10. The van der Waals surface area contributed by atoms with Gasteiger partial charge in [0.15, 0.2) is 0 Å². The lowest BCUT2D eigenvalue weighted by atomic mass is 10.2. The van der Waals surface area contributed by atoms with Crippen LogP contribution in [0.4, 0.5) is 4.79 Å². The lowest BCUT2D eigenvalue weighted by molar-refractivity contribution is 0.150. The van der Waals surface area contributed by atoms with Crippen LogP contribution >= 0.6 is 0 Å². The zero-order valence-electron chi connectivity index (χ0n) is 7.95. The van der Waals surface area contributed by atoms with Crippen LogP contribution in [0.2, 0.25) is 0 Å². The largest absolute Gasteiger partial charge is 0.331 e. The van der Waals surface area contributed by atoms with E-state index < -0.39 is 0 Å². The number of urea groups is 1. The molecule has 0 spiro atoms. The maximum atomic E-state index is 11.5. The van der Waals surface area contributed by atoms with E-state index in [1.807, 2.05) is 0 Å². The van der Waals surface area contributed by atoms with Gasteiger partial charge in [0, 0.05) is 33.7 Å². The summed E-state index contributed by atoms with van der Waals surface area (Å²) in [6.07, 6.45) is 0. The van der Waals surface area contributed by atoms with Crippen molar-refractivity contribution >= 4 is 6.03 Å². The highest BCUT2D eigenvalue weighted by Gasteiger charge is 2.26. The molecule has 0 radical (unpaired) electrons. The maximum Gasteiger partial charge on any atom is 0.320 e. The monoisotopic (exact) mass is 182 g/mol. The number of carbonyl (C=O) groups excluding carboxylic acids is 1. The van der Waals surface area contributed by atoms with Crippen LogP contribution in [0, 0.1) is 11.3 Å². The second-order valence-electron chi connectivity index (χ2n) is 3.22. The molecule has 1 heterocycles. The SMILES string of the molecule is CN(C)C(=O)N1CCNCC1C#N. The van der Waals surface area contributed by atoms with Crippen LogP contribution in [0.3, 0.4) is 0 Å². The topological polar surface area (TPSA) is 59.4 Å². The molecule has 2 amide bonds. The molecule has 1 N–H and O–H groups in total. The Morgan fingerprint density at radius 3 is 2.92 bits per heavy atom. The highest BCUT2D eigenvalue weighted by Crippen LogP contribution is 2.04. The molecule has 0 aliphatic carbocycles. The summed E-state index contributed by atoms with van der Waals surface area (Å²) in [7, 11) is 3.39. The molecule has 0 bridgehead atoms. The van der Waals surface area contributed by atoms with Crippen molar-refractivity contribution in [1.29, 1.82) is 5.26 Å². The molecule has 5 heteroatoms. The van der Waals surface area contributed by atoms with E-state index in [1.165, 1.54) is 4.90 Å². The Hall–Kier alpha value is -1.28. The van der Waals surface area contributed by atoms with Gasteiger partial charge in [-0.25, -0.2) is 4.79 Å². The molecule has 1 atom stereocenters. The molecule has 1 unspecified atom stereocenters. The van der Waals surface area contributed by atoms with Crippen LogP contribution < -0.4 is 5.32 Å². The van der Waals surface area contributed by atoms with E-state index in [4.69, 9.17) is 5.26 Å². The van der Waals surface area contributed by atoms with Gasteiger partial charge in [-0.05, 0) is 0 Å². The number of nitriles is 1. The number of rotatable bonds is 0. The number of nitrogens with one attached hydrogen (secondary N) is 1. The highest BCUT2D eigenvalue weighted by atomic mass is 16.2. The molecule has 0 aromatic carbocycles. The fourth-order valence-electron chi connectivity index (χ4n) is 1.31. The first kappa shape index (κ1) is 9.81. The molecule has 1 aliphatic rings. The van der Waals surface area contributed by atoms with Crippen molar-refractivity contribution in [2.24, 2.45) is 0 Å². The predicted octanol–water partition coefficient (Wildman–Crippen LogP) is -0.535.